The highest BCUT2D eigenvalue weighted by Gasteiger charge is 2.63. The second kappa shape index (κ2) is 43.0. The summed E-state index contributed by atoms with van der Waals surface area (Å²) < 4.78 is 114. The van der Waals surface area contributed by atoms with Crippen molar-refractivity contribution < 1.29 is 242 Å². The van der Waals surface area contributed by atoms with E-state index < -0.39 is 383 Å². The van der Waals surface area contributed by atoms with E-state index in [1.807, 2.05) is 0 Å². The highest BCUT2D eigenvalue weighted by atomic mass is 16.8. The molecule has 30 N–H and O–H groups in total. The molecule has 0 aliphatic carbocycles. The van der Waals surface area contributed by atoms with Gasteiger partial charge < -0.3 is 244 Å². The predicted molar refractivity (Wildman–Crippen MR) is 373 cm³/mol. The molecule has 53 nitrogen and oxygen atoms in total. The van der Waals surface area contributed by atoms with E-state index in [0.29, 0.717) is 0 Å². The molecule has 50 atom stereocenters. The van der Waals surface area contributed by atoms with Gasteiger partial charge >= 0.3 is 0 Å². The standard InChI is InChI=1S/C68H114N4O49/c1-15-33(84)41(92)45(96)63(104-15)114-51-26(12-78)112-61(31(71-19(5)82)55(51)118-66-48(99)44(95)36(87)22(8-74)109-66)121-58-39(90)25(11-77)111-68(50(58)101)119-56-32(72-20(6)83)62(113-27(13-79)52(56)115-64-46(97)42(93)34(85)16(2)105-64)120-57-38(89)24(10-76)110-67(49(57)100)116-53-29(69-17(3)80)59(102)106-28(40(53)91)14-103-60-30(70-18(4)81)54(37(88)23(9-75)107-60)117-65-47(98)43(94)35(86)21(7-73)108-65/h15-16,21-68,73-79,84-102H,7-14H2,1-6H3,(H,69,80)(H,70,81)(H,71,82)(H,72,83)/t15-,16-,21+,22+,23+,24+,25+,26+,27+,28+,29+,30+,31+,32+,33+,34+,35-,36-,37+,38-,39-,40-,41+,42+,43-,44-,45-,46-,47+,48+,49+,50+,51+,52+,53+,54+,55+,56+,57-,58-,59?,60+,61-,62-,63-,64-,65-,66-,67-,68-/m0/s1. The third-order valence-corrected chi connectivity index (χ3v) is 22.4. The van der Waals surface area contributed by atoms with Crippen LogP contribution in [0, 0.1) is 0 Å². The fourth-order valence-corrected chi connectivity index (χ4v) is 15.8. The SMILES string of the molecule is CC(=O)N[C@H]1[C@H](O[C@H]2[C@@H](O)[C@@H](CO)O[C@@H](O[C@@H]3[C@@H](NC(C)=O)[C@H](O[C@H]4[C@@H](O)[C@@H](CO)O[C@@H](O[C@H]5[C@@H](O)[C@@H](CO[C@@H]6O[C@H](CO)[C@@H](O)[C@H](O[C@@H]7O[C@H](CO)[C@H](O)[C@H](O)[C@H]7O)[C@H]6NC(C)=O)OC(O)[C@@H]5NC(C)=O)[C@@H]4O)O[C@H](CO)[C@H]3O[C@@H]3O[C@@H](C)[C@@H](O)[C@@H](O)[C@@H]3O)[C@@H]2O)O[C@H](CO)[C@@H](O[C@@H]2O[C@@H](C)[C@@H](O)[C@@H](O)[C@@H]2O)[C@@H]1O[C@@H]1O[C@H](CO)[C@H](O)[C@H](O)[C@H]1O. The fourth-order valence-electron chi connectivity index (χ4n) is 15.8. The molecule has 10 fully saturated rings. The van der Waals surface area contributed by atoms with Crippen LogP contribution in [0.1, 0.15) is 41.5 Å². The minimum Gasteiger partial charge on any atom is -0.394 e. The van der Waals surface area contributed by atoms with Crippen LogP contribution in [0.4, 0.5) is 0 Å². The molecule has 0 aromatic heterocycles. The number of aliphatic hydroxyl groups is 26. The van der Waals surface area contributed by atoms with Gasteiger partial charge in [0.05, 0.1) is 65.1 Å². The van der Waals surface area contributed by atoms with Crippen molar-refractivity contribution in [2.24, 2.45) is 0 Å². The monoisotopic (exact) mass is 1770 g/mol. The Hall–Kier alpha value is -3.92. The van der Waals surface area contributed by atoms with Crippen molar-refractivity contribution in [3.05, 3.63) is 0 Å². The highest BCUT2D eigenvalue weighted by Crippen LogP contribution is 2.42. The van der Waals surface area contributed by atoms with Crippen LogP contribution in [0.3, 0.4) is 0 Å². The van der Waals surface area contributed by atoms with Crippen LogP contribution in [0.2, 0.25) is 0 Å². The number of aliphatic hydroxyl groups excluding tert-OH is 26. The molecule has 53 heteroatoms. The fraction of sp³-hybridized carbons (Fsp3) is 0.941. The lowest BCUT2D eigenvalue weighted by atomic mass is 9.93. The zero-order valence-corrected chi connectivity index (χ0v) is 65.5. The zero-order valence-electron chi connectivity index (χ0n) is 65.5. The lowest BCUT2D eigenvalue weighted by molar-refractivity contribution is -0.399. The molecule has 0 saturated carbocycles. The molecular weight excluding hydrogens is 1660 g/mol. The molecule has 10 rings (SSSR count). The van der Waals surface area contributed by atoms with E-state index in [-0.39, 0.29) is 0 Å². The van der Waals surface area contributed by atoms with E-state index in [9.17, 15) is 152 Å². The second-order valence-electron chi connectivity index (χ2n) is 30.9. The number of nitrogens with one attached hydrogen (secondary N) is 4. The van der Waals surface area contributed by atoms with Gasteiger partial charge in [-0.15, -0.1) is 0 Å². The Kier molecular flexibility index (Phi) is 35.3. The molecule has 0 spiro atoms. The van der Waals surface area contributed by atoms with Crippen molar-refractivity contribution in [2.45, 2.75) is 348 Å². The summed E-state index contributed by atoms with van der Waals surface area (Å²) in [5, 5.41) is 300. The first-order valence-electron chi connectivity index (χ1n) is 38.9. The highest BCUT2D eigenvalue weighted by molar-refractivity contribution is 5.74. The number of carbonyl (C=O) groups excluding carboxylic acids is 4. The molecule has 700 valence electrons. The predicted octanol–water partition coefficient (Wildman–Crippen LogP) is -20.2. The summed E-state index contributed by atoms with van der Waals surface area (Å²) in [7, 11) is 0. The molecule has 10 aliphatic rings. The van der Waals surface area contributed by atoms with Crippen LogP contribution in [0.25, 0.3) is 0 Å². The van der Waals surface area contributed by atoms with Crippen LogP contribution >= 0.6 is 0 Å². The maximum absolute atomic E-state index is 13.7. The van der Waals surface area contributed by atoms with Crippen molar-refractivity contribution in [2.75, 3.05) is 52.9 Å². The second-order valence-corrected chi connectivity index (χ2v) is 30.9. The van der Waals surface area contributed by atoms with Crippen LogP contribution in [0.15, 0.2) is 0 Å². The maximum atomic E-state index is 13.7. The first-order valence-corrected chi connectivity index (χ1v) is 38.9. The van der Waals surface area contributed by atoms with Crippen molar-refractivity contribution in [1.29, 1.82) is 0 Å². The molecule has 0 aromatic carbocycles. The minimum atomic E-state index is -2.56. The summed E-state index contributed by atoms with van der Waals surface area (Å²) in [6, 6.07) is -7.77. The van der Waals surface area contributed by atoms with Crippen LogP contribution in [-0.4, -0.2) is 516 Å². The van der Waals surface area contributed by atoms with E-state index in [1.165, 1.54) is 13.8 Å². The van der Waals surface area contributed by atoms with Crippen LogP contribution < -0.4 is 21.3 Å². The van der Waals surface area contributed by atoms with Gasteiger partial charge in [0.25, 0.3) is 0 Å². The van der Waals surface area contributed by atoms with Gasteiger partial charge in [0.2, 0.25) is 23.6 Å². The van der Waals surface area contributed by atoms with Crippen molar-refractivity contribution in [3.8, 4) is 0 Å². The van der Waals surface area contributed by atoms with Crippen molar-refractivity contribution in [3.63, 3.8) is 0 Å². The molecule has 10 aliphatic heterocycles. The smallest absolute Gasteiger partial charge is 0.217 e. The summed E-state index contributed by atoms with van der Waals surface area (Å²) in [4.78, 5) is 52.8. The molecule has 0 radical (unpaired) electrons. The number of amides is 4. The molecule has 10 saturated heterocycles. The van der Waals surface area contributed by atoms with Gasteiger partial charge in [-0.05, 0) is 13.8 Å². The molecule has 4 amide bonds. The topological polar surface area (TPSA) is 818 Å². The number of ether oxygens (including phenoxy) is 19. The molecule has 0 bridgehead atoms. The quantitative estimate of drug-likeness (QED) is 0.0318. The third-order valence-electron chi connectivity index (χ3n) is 22.4. The lowest BCUT2D eigenvalue weighted by Gasteiger charge is -2.52. The average molecular weight is 1770 g/mol. The first-order chi connectivity index (χ1) is 57.2. The van der Waals surface area contributed by atoms with Gasteiger partial charge in [0, 0.05) is 27.7 Å². The minimum absolute atomic E-state index is 0.857. The van der Waals surface area contributed by atoms with E-state index in [0.717, 1.165) is 27.7 Å². The van der Waals surface area contributed by atoms with Gasteiger partial charge in [-0.2, -0.15) is 0 Å². The number of hydrogen-bond acceptors (Lipinski definition) is 49. The Balaban J connectivity index is 0.961. The summed E-state index contributed by atoms with van der Waals surface area (Å²) in [5.41, 5.74) is 0. The average Bonchev–Trinajstić information content (AvgIpc) is 0.760. The van der Waals surface area contributed by atoms with Crippen molar-refractivity contribution >= 4 is 23.6 Å². The van der Waals surface area contributed by atoms with Gasteiger partial charge in [0.15, 0.2) is 62.9 Å². The first kappa shape index (κ1) is 99.2. The largest absolute Gasteiger partial charge is 0.394 e. The molecular formula is C68H114N4O49. The third kappa shape index (κ3) is 21.8. The Bertz CT molecular complexity index is 3270. The van der Waals surface area contributed by atoms with E-state index in [1.54, 1.807) is 0 Å². The summed E-state index contributed by atoms with van der Waals surface area (Å²) in [5.74, 6) is -3.85. The Labute approximate surface area is 686 Å². The summed E-state index contributed by atoms with van der Waals surface area (Å²) in [6.45, 7) is -2.61. The molecule has 121 heavy (non-hydrogen) atoms. The van der Waals surface area contributed by atoms with Gasteiger partial charge in [-0.25, -0.2) is 0 Å². The number of carbonyl (C=O) groups is 4. The molecule has 1 unspecified atom stereocenters. The Morgan fingerprint density at radius 2 is 0.471 bits per heavy atom. The Morgan fingerprint density at radius 1 is 0.231 bits per heavy atom. The summed E-state index contributed by atoms with van der Waals surface area (Å²) in [6.07, 6.45) is -94.3. The van der Waals surface area contributed by atoms with E-state index in [2.05, 4.69) is 21.3 Å². The Morgan fingerprint density at radius 3 is 0.810 bits per heavy atom. The van der Waals surface area contributed by atoms with Crippen LogP contribution in [-0.2, 0) is 109 Å². The number of rotatable bonds is 30. The van der Waals surface area contributed by atoms with Crippen molar-refractivity contribution in [1.82, 2.24) is 21.3 Å². The van der Waals surface area contributed by atoms with E-state index >= 15 is 0 Å². The van der Waals surface area contributed by atoms with Gasteiger partial charge in [0.1, 0.15) is 232 Å². The van der Waals surface area contributed by atoms with E-state index in [4.69, 9.17) is 90.0 Å². The summed E-state index contributed by atoms with van der Waals surface area (Å²) >= 11 is 0. The van der Waals surface area contributed by atoms with Gasteiger partial charge in [-0.1, -0.05) is 0 Å². The molecule has 10 heterocycles. The van der Waals surface area contributed by atoms with Gasteiger partial charge in [-0.3, -0.25) is 19.2 Å². The molecule has 0 aromatic rings. The number of hydrogen-bond donors (Lipinski definition) is 30. The van der Waals surface area contributed by atoms with Crippen LogP contribution in [0.5, 0.6) is 0 Å². The maximum Gasteiger partial charge on any atom is 0.217 e. The zero-order chi connectivity index (χ0) is 89.1. The lowest BCUT2D eigenvalue weighted by Crippen LogP contribution is -2.72. The normalized spacial score (nSPS) is 50.0.